The van der Waals surface area contributed by atoms with Crippen LogP contribution in [0.3, 0.4) is 0 Å². The summed E-state index contributed by atoms with van der Waals surface area (Å²) in [7, 11) is 0. The van der Waals surface area contributed by atoms with Crippen LogP contribution >= 0.6 is 0 Å². The van der Waals surface area contributed by atoms with Gasteiger partial charge in [0.2, 0.25) is 0 Å². The van der Waals surface area contributed by atoms with E-state index in [1.54, 1.807) is 10.9 Å². The van der Waals surface area contributed by atoms with Gasteiger partial charge in [0, 0.05) is 0 Å². The molecular formula is C11H13N3O2. The van der Waals surface area contributed by atoms with Gasteiger partial charge in [-0.05, 0) is 19.1 Å². The van der Waals surface area contributed by atoms with E-state index in [0.29, 0.717) is 6.61 Å². The lowest BCUT2D eigenvalue weighted by atomic mass is 10.3. The number of rotatable bonds is 4. The largest absolute Gasteiger partial charge is 0.321 e. The highest BCUT2D eigenvalue weighted by Crippen LogP contribution is 2.11. The maximum absolute atomic E-state index is 11.4. The average molecular weight is 219 g/mol. The van der Waals surface area contributed by atoms with Crippen LogP contribution in [0.15, 0.2) is 30.6 Å². The number of aromatic nitrogens is 2. The fourth-order valence-electron chi connectivity index (χ4n) is 1.48. The first-order valence-corrected chi connectivity index (χ1v) is 5.11. The van der Waals surface area contributed by atoms with E-state index < -0.39 is 0 Å². The van der Waals surface area contributed by atoms with Crippen molar-refractivity contribution in [3.63, 3.8) is 0 Å². The number of para-hydroxylation sites is 2. The Bertz CT molecular complexity index is 493. The SMILES string of the molecule is CCONC(=O)Cn1cnc2ccccc21. The molecule has 1 amide bonds. The summed E-state index contributed by atoms with van der Waals surface area (Å²) in [5.74, 6) is -0.190. The number of carbonyl (C=O) groups excluding carboxylic acids is 1. The van der Waals surface area contributed by atoms with Crippen molar-refractivity contribution in [3.05, 3.63) is 30.6 Å². The Labute approximate surface area is 93.0 Å². The molecular weight excluding hydrogens is 206 g/mol. The zero-order chi connectivity index (χ0) is 11.4. The summed E-state index contributed by atoms with van der Waals surface area (Å²) in [6.45, 7) is 2.48. The lowest BCUT2D eigenvalue weighted by Gasteiger charge is -2.05. The number of nitrogens with zero attached hydrogens (tertiary/aromatic N) is 2. The molecule has 5 heteroatoms. The lowest BCUT2D eigenvalue weighted by molar-refractivity contribution is -0.133. The number of nitrogens with one attached hydrogen (secondary N) is 1. The second-order valence-corrected chi connectivity index (χ2v) is 3.32. The Balaban J connectivity index is 2.12. The maximum atomic E-state index is 11.4. The minimum absolute atomic E-state index is 0.190. The third-order valence-electron chi connectivity index (χ3n) is 2.17. The number of hydrogen-bond acceptors (Lipinski definition) is 3. The quantitative estimate of drug-likeness (QED) is 0.783. The molecule has 2 aromatic rings. The van der Waals surface area contributed by atoms with Gasteiger partial charge in [0.25, 0.3) is 5.91 Å². The highest BCUT2D eigenvalue weighted by Gasteiger charge is 2.05. The number of amides is 1. The van der Waals surface area contributed by atoms with Gasteiger partial charge in [-0.2, -0.15) is 0 Å². The molecule has 0 spiro atoms. The monoisotopic (exact) mass is 219 g/mol. The second kappa shape index (κ2) is 4.76. The molecule has 0 aliphatic heterocycles. The Morgan fingerprint density at radius 2 is 2.31 bits per heavy atom. The standard InChI is InChI=1S/C11H13N3O2/c1-2-16-13-11(15)7-14-8-12-9-5-3-4-6-10(9)14/h3-6,8H,2,7H2,1H3,(H,13,15). The van der Waals surface area contributed by atoms with Gasteiger partial charge in [-0.25, -0.2) is 10.5 Å². The van der Waals surface area contributed by atoms with Crippen LogP contribution in [-0.4, -0.2) is 22.1 Å². The van der Waals surface area contributed by atoms with Crippen LogP contribution in [0.5, 0.6) is 0 Å². The van der Waals surface area contributed by atoms with Gasteiger partial charge in [0.05, 0.1) is 24.0 Å². The molecule has 84 valence electrons. The lowest BCUT2D eigenvalue weighted by Crippen LogP contribution is -2.27. The molecule has 16 heavy (non-hydrogen) atoms. The Morgan fingerprint density at radius 1 is 1.50 bits per heavy atom. The van der Waals surface area contributed by atoms with Crippen LogP contribution in [0.4, 0.5) is 0 Å². The van der Waals surface area contributed by atoms with Crippen LogP contribution < -0.4 is 5.48 Å². The van der Waals surface area contributed by atoms with Crippen LogP contribution in [-0.2, 0) is 16.2 Å². The molecule has 0 fully saturated rings. The van der Waals surface area contributed by atoms with Gasteiger partial charge in [-0.1, -0.05) is 12.1 Å². The zero-order valence-electron chi connectivity index (χ0n) is 9.01. The number of hydrogen-bond donors (Lipinski definition) is 1. The van der Waals surface area contributed by atoms with Gasteiger partial charge in [-0.3, -0.25) is 9.63 Å². The second-order valence-electron chi connectivity index (χ2n) is 3.32. The fraction of sp³-hybridized carbons (Fsp3) is 0.273. The number of carbonyl (C=O) groups is 1. The van der Waals surface area contributed by atoms with Gasteiger partial charge >= 0.3 is 0 Å². The molecule has 0 aliphatic rings. The normalized spacial score (nSPS) is 10.6. The predicted molar refractivity (Wildman–Crippen MR) is 59.5 cm³/mol. The van der Waals surface area contributed by atoms with E-state index in [4.69, 9.17) is 4.84 Å². The van der Waals surface area contributed by atoms with E-state index >= 15 is 0 Å². The van der Waals surface area contributed by atoms with Crippen molar-refractivity contribution in [1.29, 1.82) is 0 Å². The minimum atomic E-state index is -0.190. The number of imidazole rings is 1. The van der Waals surface area contributed by atoms with Crippen molar-refractivity contribution < 1.29 is 9.63 Å². The fourth-order valence-corrected chi connectivity index (χ4v) is 1.48. The highest BCUT2D eigenvalue weighted by atomic mass is 16.6. The molecule has 1 aromatic heterocycles. The van der Waals surface area contributed by atoms with Crippen LogP contribution in [0, 0.1) is 0 Å². The first kappa shape index (κ1) is 10.6. The minimum Gasteiger partial charge on any atom is -0.321 e. The van der Waals surface area contributed by atoms with Crippen LogP contribution in [0.25, 0.3) is 11.0 Å². The van der Waals surface area contributed by atoms with Crippen molar-refractivity contribution >= 4 is 16.9 Å². The van der Waals surface area contributed by atoms with Crippen molar-refractivity contribution in [2.45, 2.75) is 13.5 Å². The molecule has 0 radical (unpaired) electrons. The van der Waals surface area contributed by atoms with Crippen molar-refractivity contribution in [2.24, 2.45) is 0 Å². The Morgan fingerprint density at radius 3 is 3.12 bits per heavy atom. The molecule has 0 bridgehead atoms. The van der Waals surface area contributed by atoms with Gasteiger partial charge in [0.1, 0.15) is 6.54 Å². The van der Waals surface area contributed by atoms with E-state index in [1.807, 2.05) is 31.2 Å². The molecule has 1 aromatic carbocycles. The molecule has 0 saturated carbocycles. The van der Waals surface area contributed by atoms with E-state index in [2.05, 4.69) is 10.5 Å². The van der Waals surface area contributed by atoms with E-state index in [0.717, 1.165) is 11.0 Å². The van der Waals surface area contributed by atoms with Gasteiger partial charge < -0.3 is 4.57 Å². The summed E-state index contributed by atoms with van der Waals surface area (Å²) in [6, 6.07) is 7.67. The van der Waals surface area contributed by atoms with Gasteiger partial charge in [-0.15, -0.1) is 0 Å². The topological polar surface area (TPSA) is 56.1 Å². The van der Waals surface area contributed by atoms with Crippen molar-refractivity contribution in [2.75, 3.05) is 6.61 Å². The predicted octanol–water partition coefficient (Wildman–Crippen LogP) is 1.10. The number of fused-ring (bicyclic) bond motifs is 1. The number of hydroxylamine groups is 1. The maximum Gasteiger partial charge on any atom is 0.263 e. The van der Waals surface area contributed by atoms with Crippen LogP contribution in [0.1, 0.15) is 6.92 Å². The first-order chi connectivity index (χ1) is 7.81. The number of benzene rings is 1. The molecule has 0 atom stereocenters. The zero-order valence-corrected chi connectivity index (χ0v) is 9.01. The molecule has 1 N–H and O–H groups in total. The third-order valence-corrected chi connectivity index (χ3v) is 2.17. The summed E-state index contributed by atoms with van der Waals surface area (Å²) in [5, 5.41) is 0. The summed E-state index contributed by atoms with van der Waals surface area (Å²) >= 11 is 0. The van der Waals surface area contributed by atoms with Crippen LogP contribution in [0.2, 0.25) is 0 Å². The van der Waals surface area contributed by atoms with Crippen molar-refractivity contribution in [1.82, 2.24) is 15.0 Å². The summed E-state index contributed by atoms with van der Waals surface area (Å²) in [5.41, 5.74) is 4.17. The first-order valence-electron chi connectivity index (χ1n) is 5.11. The molecule has 1 heterocycles. The summed E-state index contributed by atoms with van der Waals surface area (Å²) in [4.78, 5) is 20.4. The Hall–Kier alpha value is -1.88. The molecule has 2 rings (SSSR count). The average Bonchev–Trinajstić information content (AvgIpc) is 2.70. The summed E-state index contributed by atoms with van der Waals surface area (Å²) < 4.78 is 1.78. The molecule has 0 aliphatic carbocycles. The van der Waals surface area contributed by atoms with E-state index in [1.165, 1.54) is 0 Å². The smallest absolute Gasteiger partial charge is 0.263 e. The van der Waals surface area contributed by atoms with Crippen molar-refractivity contribution in [3.8, 4) is 0 Å². The highest BCUT2D eigenvalue weighted by molar-refractivity contribution is 5.79. The molecule has 5 nitrogen and oxygen atoms in total. The molecule has 0 saturated heterocycles. The molecule has 0 unspecified atom stereocenters. The van der Waals surface area contributed by atoms with E-state index in [9.17, 15) is 4.79 Å². The van der Waals surface area contributed by atoms with E-state index in [-0.39, 0.29) is 12.5 Å². The third kappa shape index (κ3) is 2.20. The summed E-state index contributed by atoms with van der Waals surface area (Å²) in [6.07, 6.45) is 1.65. The van der Waals surface area contributed by atoms with Gasteiger partial charge in [0.15, 0.2) is 0 Å². The Kier molecular flexibility index (Phi) is 3.16.